The Hall–Kier alpha value is -2.69. The van der Waals surface area contributed by atoms with E-state index in [9.17, 15) is 14.4 Å². The zero-order valence-electron chi connectivity index (χ0n) is 12.6. The molecule has 0 aliphatic carbocycles. The maximum Gasteiger partial charge on any atom is 0.338 e. The summed E-state index contributed by atoms with van der Waals surface area (Å²) in [7, 11) is 0. The third kappa shape index (κ3) is 2.98. The number of carbonyl (C=O) groups excluding carboxylic acids is 3. The highest BCUT2D eigenvalue weighted by Gasteiger charge is 2.35. The predicted octanol–water partition coefficient (Wildman–Crippen LogP) is 2.59. The van der Waals surface area contributed by atoms with Gasteiger partial charge in [0.25, 0.3) is 11.8 Å². The van der Waals surface area contributed by atoms with Crippen LogP contribution in [0.2, 0.25) is 0 Å². The van der Waals surface area contributed by atoms with E-state index in [0.717, 1.165) is 4.90 Å². The lowest BCUT2D eigenvalue weighted by molar-refractivity contribution is 0.0540. The number of hydrogen-bond donors (Lipinski definition) is 0. The van der Waals surface area contributed by atoms with E-state index in [2.05, 4.69) is 13.2 Å². The zero-order valence-corrected chi connectivity index (χ0v) is 12.6. The van der Waals surface area contributed by atoms with Crippen LogP contribution in [0.4, 0.5) is 0 Å². The number of amides is 2. The highest BCUT2D eigenvalue weighted by Crippen LogP contribution is 2.25. The van der Waals surface area contributed by atoms with Crippen LogP contribution in [0.1, 0.15) is 44.9 Å². The third-order valence-electron chi connectivity index (χ3n) is 3.08. The van der Waals surface area contributed by atoms with E-state index >= 15 is 0 Å². The first-order chi connectivity index (χ1) is 10.3. The van der Waals surface area contributed by atoms with Gasteiger partial charge in [0, 0.05) is 6.54 Å². The van der Waals surface area contributed by atoms with E-state index < -0.39 is 11.9 Å². The fourth-order valence-electron chi connectivity index (χ4n) is 2.10. The van der Waals surface area contributed by atoms with Crippen LogP contribution in [-0.2, 0) is 4.74 Å². The molecule has 0 spiro atoms. The molecule has 1 aromatic carbocycles. The van der Waals surface area contributed by atoms with Crippen LogP contribution in [0, 0.1) is 0 Å². The number of esters is 1. The van der Waals surface area contributed by atoms with E-state index in [1.54, 1.807) is 13.8 Å². The molecule has 1 aliphatic heterocycles. The fourth-order valence-corrected chi connectivity index (χ4v) is 2.10. The summed E-state index contributed by atoms with van der Waals surface area (Å²) in [5.74, 6) is -1.34. The SMILES string of the molecule is C=C(C)COC(=O)c1ccc2c(c1)C(=O)N(CC(=C)C)C2=O. The lowest BCUT2D eigenvalue weighted by atomic mass is 10.1. The maximum absolute atomic E-state index is 12.3. The van der Waals surface area contributed by atoms with Crippen LogP contribution < -0.4 is 0 Å². The van der Waals surface area contributed by atoms with Crippen molar-refractivity contribution in [1.82, 2.24) is 4.90 Å². The largest absolute Gasteiger partial charge is 0.458 e. The topological polar surface area (TPSA) is 63.7 Å². The molecule has 2 amide bonds. The minimum Gasteiger partial charge on any atom is -0.458 e. The molecule has 0 atom stereocenters. The second kappa shape index (κ2) is 5.97. The molecule has 2 rings (SSSR count). The highest BCUT2D eigenvalue weighted by molar-refractivity contribution is 6.22. The molecule has 0 unspecified atom stereocenters. The van der Waals surface area contributed by atoms with Gasteiger partial charge in [0.05, 0.1) is 16.7 Å². The lowest BCUT2D eigenvalue weighted by Crippen LogP contribution is -2.31. The van der Waals surface area contributed by atoms with Crippen molar-refractivity contribution in [2.24, 2.45) is 0 Å². The van der Waals surface area contributed by atoms with Gasteiger partial charge < -0.3 is 4.74 Å². The Morgan fingerprint density at radius 1 is 1.09 bits per heavy atom. The Labute approximate surface area is 128 Å². The Morgan fingerprint density at radius 2 is 1.73 bits per heavy atom. The Balaban J connectivity index is 2.27. The summed E-state index contributed by atoms with van der Waals surface area (Å²) in [5.41, 5.74) is 2.17. The molecule has 5 heteroatoms. The molecular weight excluding hydrogens is 282 g/mol. The van der Waals surface area contributed by atoms with Crippen LogP contribution >= 0.6 is 0 Å². The van der Waals surface area contributed by atoms with Gasteiger partial charge in [-0.25, -0.2) is 4.79 Å². The van der Waals surface area contributed by atoms with Crippen molar-refractivity contribution in [1.29, 1.82) is 0 Å². The van der Waals surface area contributed by atoms with Crippen molar-refractivity contribution in [3.8, 4) is 0 Å². The van der Waals surface area contributed by atoms with E-state index in [1.165, 1.54) is 18.2 Å². The average Bonchev–Trinajstić information content (AvgIpc) is 2.69. The van der Waals surface area contributed by atoms with E-state index in [4.69, 9.17) is 4.74 Å². The number of hydrogen-bond acceptors (Lipinski definition) is 4. The molecule has 0 saturated heterocycles. The van der Waals surface area contributed by atoms with Crippen molar-refractivity contribution in [2.45, 2.75) is 13.8 Å². The Morgan fingerprint density at radius 3 is 2.32 bits per heavy atom. The molecule has 1 aliphatic rings. The molecule has 22 heavy (non-hydrogen) atoms. The highest BCUT2D eigenvalue weighted by atomic mass is 16.5. The van der Waals surface area contributed by atoms with Crippen molar-refractivity contribution >= 4 is 17.8 Å². The summed E-state index contributed by atoms with van der Waals surface area (Å²) < 4.78 is 5.04. The van der Waals surface area contributed by atoms with Gasteiger partial charge in [0.1, 0.15) is 6.61 Å². The third-order valence-corrected chi connectivity index (χ3v) is 3.08. The molecule has 5 nitrogen and oxygen atoms in total. The molecule has 114 valence electrons. The summed E-state index contributed by atoms with van der Waals surface area (Å²) in [6, 6.07) is 4.36. The summed E-state index contributed by atoms with van der Waals surface area (Å²) >= 11 is 0. The number of nitrogens with zero attached hydrogens (tertiary/aromatic N) is 1. The molecule has 0 aromatic heterocycles. The Kier molecular flexibility index (Phi) is 4.26. The van der Waals surface area contributed by atoms with Gasteiger partial charge in [-0.1, -0.05) is 18.7 Å². The summed E-state index contributed by atoms with van der Waals surface area (Å²) in [5, 5.41) is 0. The van der Waals surface area contributed by atoms with E-state index in [0.29, 0.717) is 16.7 Å². The van der Waals surface area contributed by atoms with Crippen molar-refractivity contribution in [3.05, 3.63) is 59.2 Å². The predicted molar refractivity (Wildman–Crippen MR) is 81.7 cm³/mol. The monoisotopic (exact) mass is 299 g/mol. The van der Waals surface area contributed by atoms with Gasteiger partial charge in [-0.2, -0.15) is 0 Å². The first kappa shape index (κ1) is 15.7. The first-order valence-corrected chi connectivity index (χ1v) is 6.77. The molecular formula is C17H17NO4. The van der Waals surface area contributed by atoms with Gasteiger partial charge in [0.15, 0.2) is 0 Å². The average molecular weight is 299 g/mol. The number of benzene rings is 1. The Bertz CT molecular complexity index is 703. The standard InChI is InChI=1S/C17H17NO4/c1-10(2)8-18-15(19)13-6-5-12(7-14(13)16(18)20)17(21)22-9-11(3)4/h5-7H,1,3,8-9H2,2,4H3. The molecule has 0 N–H and O–H groups in total. The second-order valence-corrected chi connectivity index (χ2v) is 5.45. The number of rotatable bonds is 5. The van der Waals surface area contributed by atoms with E-state index in [-0.39, 0.29) is 30.2 Å². The van der Waals surface area contributed by atoms with Gasteiger partial charge in [0.2, 0.25) is 0 Å². The lowest BCUT2D eigenvalue weighted by Gasteiger charge is -2.12. The number of imide groups is 1. The minimum atomic E-state index is -0.551. The molecule has 0 fully saturated rings. The molecule has 0 saturated carbocycles. The molecule has 0 bridgehead atoms. The van der Waals surface area contributed by atoms with Crippen molar-refractivity contribution in [3.63, 3.8) is 0 Å². The van der Waals surface area contributed by atoms with E-state index in [1.807, 2.05) is 0 Å². The number of carbonyl (C=O) groups is 3. The number of ether oxygens (including phenoxy) is 1. The van der Waals surface area contributed by atoms with Crippen LogP contribution in [-0.4, -0.2) is 35.8 Å². The normalized spacial score (nSPS) is 13.1. The van der Waals surface area contributed by atoms with Crippen LogP contribution in [0.15, 0.2) is 42.5 Å². The van der Waals surface area contributed by atoms with Gasteiger partial charge in [-0.3, -0.25) is 14.5 Å². The summed E-state index contributed by atoms with van der Waals surface area (Å²) in [4.78, 5) is 37.5. The minimum absolute atomic E-state index is 0.116. The van der Waals surface area contributed by atoms with Gasteiger partial charge >= 0.3 is 5.97 Å². The molecule has 1 aromatic rings. The van der Waals surface area contributed by atoms with Gasteiger partial charge in [-0.15, -0.1) is 0 Å². The van der Waals surface area contributed by atoms with Gasteiger partial charge in [-0.05, 0) is 37.6 Å². The smallest absolute Gasteiger partial charge is 0.338 e. The summed E-state index contributed by atoms with van der Waals surface area (Å²) in [6.07, 6.45) is 0. The summed E-state index contributed by atoms with van der Waals surface area (Å²) in [6.45, 7) is 11.1. The zero-order chi connectivity index (χ0) is 16.4. The van der Waals surface area contributed by atoms with Crippen LogP contribution in [0.3, 0.4) is 0 Å². The number of fused-ring (bicyclic) bond motifs is 1. The second-order valence-electron chi connectivity index (χ2n) is 5.45. The molecule has 1 heterocycles. The molecule has 0 radical (unpaired) electrons. The maximum atomic E-state index is 12.3. The van der Waals surface area contributed by atoms with Crippen LogP contribution in [0.5, 0.6) is 0 Å². The van der Waals surface area contributed by atoms with Crippen molar-refractivity contribution < 1.29 is 19.1 Å². The van der Waals surface area contributed by atoms with Crippen molar-refractivity contribution in [2.75, 3.05) is 13.2 Å². The quantitative estimate of drug-likeness (QED) is 0.476. The van der Waals surface area contributed by atoms with Crippen LogP contribution in [0.25, 0.3) is 0 Å². The fraction of sp³-hybridized carbons (Fsp3) is 0.235. The first-order valence-electron chi connectivity index (χ1n) is 6.77.